The second-order valence-corrected chi connectivity index (χ2v) is 7.55. The number of quaternary nitrogens is 2. The van der Waals surface area contributed by atoms with Crippen LogP contribution in [-0.4, -0.2) is 32.7 Å². The lowest BCUT2D eigenvalue weighted by Crippen LogP contribution is -3.27. The molecule has 0 aromatic heterocycles. The minimum Gasteiger partial charge on any atom is -0.325 e. The minimum atomic E-state index is -0.106. The van der Waals surface area contributed by atoms with Gasteiger partial charge in [0.2, 0.25) is 0 Å². The number of hydrogen-bond donors (Lipinski definition) is 2. The van der Waals surface area contributed by atoms with Crippen LogP contribution in [0.4, 0.5) is 4.39 Å². The van der Waals surface area contributed by atoms with E-state index in [1.165, 1.54) is 51.6 Å². The van der Waals surface area contributed by atoms with Crippen LogP contribution in [0.2, 0.25) is 0 Å². The lowest BCUT2D eigenvalue weighted by molar-refractivity contribution is -1.02. The highest BCUT2D eigenvalue weighted by molar-refractivity contribution is 5.15. The van der Waals surface area contributed by atoms with Gasteiger partial charge in [-0.2, -0.15) is 0 Å². The summed E-state index contributed by atoms with van der Waals surface area (Å²) in [5, 5.41) is 0. The molecule has 1 saturated heterocycles. The van der Waals surface area contributed by atoms with Crippen molar-refractivity contribution in [3.63, 3.8) is 0 Å². The average molecular weight is 302 g/mol. The van der Waals surface area contributed by atoms with E-state index in [1.54, 1.807) is 15.9 Å². The third kappa shape index (κ3) is 3.11. The fourth-order valence-corrected chi connectivity index (χ4v) is 4.77. The summed E-state index contributed by atoms with van der Waals surface area (Å²) < 4.78 is 13.3. The highest BCUT2D eigenvalue weighted by atomic mass is 19.1. The third-order valence-corrected chi connectivity index (χ3v) is 5.97. The summed E-state index contributed by atoms with van der Waals surface area (Å²) in [5.41, 5.74) is 1.14. The maximum Gasteiger partial charge on any atom is 0.127 e. The van der Waals surface area contributed by atoms with Gasteiger partial charge in [-0.3, -0.25) is 0 Å². The van der Waals surface area contributed by atoms with E-state index in [2.05, 4.69) is 18.2 Å². The summed E-state index contributed by atoms with van der Waals surface area (Å²) in [5.74, 6) is 2.62. The van der Waals surface area contributed by atoms with Crippen LogP contribution < -0.4 is 9.80 Å². The first-order valence-corrected chi connectivity index (χ1v) is 8.86. The monoisotopic (exact) mass is 302 g/mol. The second-order valence-electron chi connectivity index (χ2n) is 7.55. The van der Waals surface area contributed by atoms with E-state index in [0.29, 0.717) is 0 Å². The number of rotatable bonds is 4. The van der Waals surface area contributed by atoms with Crippen molar-refractivity contribution >= 4 is 0 Å². The second kappa shape index (κ2) is 6.13. The smallest absolute Gasteiger partial charge is 0.127 e. The molecule has 2 aliphatic carbocycles. The molecule has 0 spiro atoms. The van der Waals surface area contributed by atoms with Crippen molar-refractivity contribution in [2.75, 3.05) is 32.7 Å². The van der Waals surface area contributed by atoms with Crippen LogP contribution >= 0.6 is 0 Å². The Bertz CT molecular complexity index is 548. The Kier molecular flexibility index (Phi) is 4.01. The number of nitrogens with one attached hydrogen (secondary N) is 2. The van der Waals surface area contributed by atoms with Gasteiger partial charge in [-0.05, 0) is 36.8 Å². The number of fused-ring (bicyclic) bond motifs is 2. The van der Waals surface area contributed by atoms with Gasteiger partial charge < -0.3 is 9.80 Å². The molecular weight excluding hydrogens is 275 g/mol. The van der Waals surface area contributed by atoms with E-state index >= 15 is 0 Å². The number of piperazine rings is 1. The van der Waals surface area contributed by atoms with E-state index < -0.39 is 0 Å². The Balaban J connectivity index is 1.25. The quantitative estimate of drug-likeness (QED) is 0.742. The van der Waals surface area contributed by atoms with Crippen LogP contribution in [-0.2, 0) is 6.54 Å². The van der Waals surface area contributed by atoms with Gasteiger partial charge in [0.25, 0.3) is 0 Å². The SMILES string of the molecule is Fc1cccc(C[NH+]2CC[NH+](C[C@H]3C[C@H]4C=C[C@H]3C4)CC2)c1. The molecule has 118 valence electrons. The van der Waals surface area contributed by atoms with Gasteiger partial charge in [0.15, 0.2) is 0 Å². The molecule has 3 aliphatic rings. The zero-order chi connectivity index (χ0) is 14.9. The highest BCUT2D eigenvalue weighted by Crippen LogP contribution is 2.42. The lowest BCUT2D eigenvalue weighted by atomic mass is 9.93. The topological polar surface area (TPSA) is 8.88 Å². The molecule has 2 nitrogen and oxygen atoms in total. The Morgan fingerprint density at radius 2 is 1.82 bits per heavy atom. The molecular formula is C19H27FN2+2. The molecule has 1 aromatic rings. The van der Waals surface area contributed by atoms with E-state index in [1.807, 2.05) is 6.07 Å². The number of hydrogen-bond acceptors (Lipinski definition) is 0. The largest absolute Gasteiger partial charge is 0.325 e. The van der Waals surface area contributed by atoms with Gasteiger partial charge in [0, 0.05) is 11.5 Å². The normalized spacial score (nSPS) is 36.9. The Labute approximate surface area is 132 Å². The van der Waals surface area contributed by atoms with E-state index in [9.17, 15) is 4.39 Å². The first kappa shape index (κ1) is 14.4. The molecule has 2 N–H and O–H groups in total. The van der Waals surface area contributed by atoms with E-state index in [4.69, 9.17) is 0 Å². The third-order valence-electron chi connectivity index (χ3n) is 5.97. The first-order chi connectivity index (χ1) is 10.8. The van der Waals surface area contributed by atoms with Crippen LogP contribution in [0, 0.1) is 23.6 Å². The highest BCUT2D eigenvalue weighted by Gasteiger charge is 2.38. The molecule has 1 saturated carbocycles. The lowest BCUT2D eigenvalue weighted by Gasteiger charge is -2.32. The van der Waals surface area contributed by atoms with Gasteiger partial charge in [-0.15, -0.1) is 0 Å². The summed E-state index contributed by atoms with van der Waals surface area (Å²) in [4.78, 5) is 3.41. The van der Waals surface area contributed by atoms with Crippen LogP contribution in [0.1, 0.15) is 18.4 Å². The molecule has 1 heterocycles. The molecule has 2 bridgehead atoms. The van der Waals surface area contributed by atoms with Crippen molar-refractivity contribution in [2.45, 2.75) is 19.4 Å². The van der Waals surface area contributed by atoms with Crippen molar-refractivity contribution in [3.8, 4) is 0 Å². The molecule has 1 aliphatic heterocycles. The van der Waals surface area contributed by atoms with E-state index in [-0.39, 0.29) is 5.82 Å². The summed E-state index contributed by atoms with van der Waals surface area (Å²) in [6.07, 6.45) is 7.78. The fraction of sp³-hybridized carbons (Fsp3) is 0.579. The minimum absolute atomic E-state index is 0.106. The van der Waals surface area contributed by atoms with Crippen molar-refractivity contribution in [3.05, 3.63) is 47.8 Å². The maximum atomic E-state index is 13.3. The van der Waals surface area contributed by atoms with Gasteiger partial charge in [0.05, 0.1) is 6.54 Å². The summed E-state index contributed by atoms with van der Waals surface area (Å²) in [6, 6.07) is 7.10. The number of allylic oxidation sites excluding steroid dienone is 2. The molecule has 3 atom stereocenters. The summed E-state index contributed by atoms with van der Waals surface area (Å²) in [7, 11) is 0. The van der Waals surface area contributed by atoms with Crippen LogP contribution in [0.15, 0.2) is 36.4 Å². The molecule has 0 amide bonds. The number of benzene rings is 1. The van der Waals surface area contributed by atoms with Crippen LogP contribution in [0.3, 0.4) is 0 Å². The fourth-order valence-electron chi connectivity index (χ4n) is 4.77. The average Bonchev–Trinajstić information content (AvgIpc) is 3.12. The van der Waals surface area contributed by atoms with E-state index in [0.717, 1.165) is 29.9 Å². The zero-order valence-electron chi connectivity index (χ0n) is 13.2. The molecule has 1 aromatic carbocycles. The first-order valence-electron chi connectivity index (χ1n) is 8.86. The van der Waals surface area contributed by atoms with Crippen LogP contribution in [0.5, 0.6) is 0 Å². The van der Waals surface area contributed by atoms with Crippen molar-refractivity contribution in [1.29, 1.82) is 0 Å². The van der Waals surface area contributed by atoms with Gasteiger partial charge in [0.1, 0.15) is 38.5 Å². The maximum absolute atomic E-state index is 13.3. The predicted octanol–water partition coefficient (Wildman–Crippen LogP) is 0.321. The zero-order valence-corrected chi connectivity index (χ0v) is 13.2. The van der Waals surface area contributed by atoms with Gasteiger partial charge in [-0.1, -0.05) is 24.3 Å². The van der Waals surface area contributed by atoms with Gasteiger partial charge >= 0.3 is 0 Å². The Morgan fingerprint density at radius 3 is 2.50 bits per heavy atom. The molecule has 22 heavy (non-hydrogen) atoms. The summed E-state index contributed by atoms with van der Waals surface area (Å²) >= 11 is 0. The molecule has 0 unspecified atom stereocenters. The molecule has 3 heteroatoms. The van der Waals surface area contributed by atoms with Crippen molar-refractivity contribution < 1.29 is 14.2 Å². The van der Waals surface area contributed by atoms with Gasteiger partial charge in [-0.25, -0.2) is 4.39 Å². The Morgan fingerprint density at radius 1 is 1.00 bits per heavy atom. The van der Waals surface area contributed by atoms with Crippen LogP contribution in [0.25, 0.3) is 0 Å². The molecule has 4 rings (SSSR count). The molecule has 2 fully saturated rings. The Hall–Kier alpha value is -1.19. The van der Waals surface area contributed by atoms with Crippen molar-refractivity contribution in [2.24, 2.45) is 17.8 Å². The molecule has 0 radical (unpaired) electrons. The van der Waals surface area contributed by atoms with Crippen molar-refractivity contribution in [1.82, 2.24) is 0 Å². The summed E-state index contributed by atoms with van der Waals surface area (Å²) in [6.45, 7) is 7.36. The number of halogens is 1. The standard InChI is InChI=1S/C19H25FN2/c20-19-3-1-2-16(12-19)13-21-6-8-22(9-7-21)14-18-11-15-4-5-17(18)10-15/h1-5,12,15,17-18H,6-11,13-14H2/p+2/t15-,17-,18+/m0/s1. The predicted molar refractivity (Wildman–Crippen MR) is 85.2 cm³/mol.